The van der Waals surface area contributed by atoms with Gasteiger partial charge in [-0.1, -0.05) is 30.2 Å². The average Bonchev–Trinajstić information content (AvgIpc) is 2.31. The van der Waals surface area contributed by atoms with E-state index in [0.29, 0.717) is 12.1 Å². The first-order valence-corrected chi connectivity index (χ1v) is 6.81. The normalized spacial score (nSPS) is 26.1. The number of nitrogens with zero attached hydrogens (tertiary/aromatic N) is 1. The molecule has 0 bridgehead atoms. The van der Waals surface area contributed by atoms with Crippen molar-refractivity contribution >= 4 is 11.6 Å². The summed E-state index contributed by atoms with van der Waals surface area (Å²) in [4.78, 5) is 0. The van der Waals surface area contributed by atoms with Gasteiger partial charge in [-0.25, -0.2) is 5.01 Å². The molecule has 3 heteroatoms. The Morgan fingerprint density at radius 1 is 1.18 bits per heavy atom. The maximum absolute atomic E-state index is 5.88. The van der Waals surface area contributed by atoms with Crippen LogP contribution in [0.3, 0.4) is 0 Å². The molecule has 1 aliphatic heterocycles. The highest BCUT2D eigenvalue weighted by molar-refractivity contribution is 6.30. The lowest BCUT2D eigenvalue weighted by Gasteiger charge is -2.39. The average molecular weight is 253 g/mol. The minimum Gasteiger partial charge on any atom is -0.250 e. The van der Waals surface area contributed by atoms with Crippen LogP contribution in [0.15, 0.2) is 24.3 Å². The van der Waals surface area contributed by atoms with E-state index in [1.807, 2.05) is 12.1 Å². The molecule has 1 heterocycles. The maximum atomic E-state index is 5.88. The molecule has 2 unspecified atom stereocenters. The minimum atomic E-state index is 0.631. The second-order valence-electron chi connectivity index (χ2n) is 5.00. The summed E-state index contributed by atoms with van der Waals surface area (Å²) in [5.74, 6) is 0. The Morgan fingerprint density at radius 3 is 2.35 bits per heavy atom. The zero-order valence-electron chi connectivity index (χ0n) is 10.6. The van der Waals surface area contributed by atoms with E-state index in [4.69, 9.17) is 11.6 Å². The van der Waals surface area contributed by atoms with Crippen molar-refractivity contribution in [3.8, 4) is 0 Å². The molecule has 1 saturated heterocycles. The predicted molar refractivity (Wildman–Crippen MR) is 72.9 cm³/mol. The summed E-state index contributed by atoms with van der Waals surface area (Å²) in [6, 6.07) is 9.31. The van der Waals surface area contributed by atoms with Crippen LogP contribution in [-0.4, -0.2) is 17.1 Å². The van der Waals surface area contributed by atoms with E-state index in [0.717, 1.165) is 11.6 Å². The summed E-state index contributed by atoms with van der Waals surface area (Å²) >= 11 is 5.88. The smallest absolute Gasteiger partial charge is 0.0406 e. The van der Waals surface area contributed by atoms with Crippen LogP contribution in [0.2, 0.25) is 5.02 Å². The Kier molecular flexibility index (Phi) is 4.43. The summed E-state index contributed by atoms with van der Waals surface area (Å²) in [5, 5.41) is 3.20. The third kappa shape index (κ3) is 3.44. The van der Waals surface area contributed by atoms with Crippen molar-refractivity contribution < 1.29 is 0 Å². The monoisotopic (exact) mass is 252 g/mol. The fraction of sp³-hybridized carbons (Fsp3) is 0.571. The van der Waals surface area contributed by atoms with E-state index in [-0.39, 0.29) is 0 Å². The van der Waals surface area contributed by atoms with Crippen LogP contribution in [0.5, 0.6) is 0 Å². The molecule has 1 fully saturated rings. The topological polar surface area (TPSA) is 15.3 Å². The van der Waals surface area contributed by atoms with Gasteiger partial charge in [0.25, 0.3) is 0 Å². The first kappa shape index (κ1) is 12.9. The lowest BCUT2D eigenvalue weighted by atomic mass is 10.00. The standard InChI is InChI=1S/C14H21ClN2/c1-11-4-3-5-12(2)17(11)16-10-13-6-8-14(15)9-7-13/h6-9,11-12,16H,3-5,10H2,1-2H3. The summed E-state index contributed by atoms with van der Waals surface area (Å²) in [5.41, 5.74) is 4.82. The summed E-state index contributed by atoms with van der Waals surface area (Å²) < 4.78 is 0. The maximum Gasteiger partial charge on any atom is 0.0406 e. The molecule has 0 amide bonds. The van der Waals surface area contributed by atoms with Gasteiger partial charge in [-0.2, -0.15) is 0 Å². The van der Waals surface area contributed by atoms with E-state index in [2.05, 4.69) is 36.4 Å². The van der Waals surface area contributed by atoms with Crippen molar-refractivity contribution in [2.24, 2.45) is 0 Å². The largest absolute Gasteiger partial charge is 0.250 e. The van der Waals surface area contributed by atoms with Gasteiger partial charge in [0.2, 0.25) is 0 Å². The SMILES string of the molecule is CC1CCCC(C)N1NCc1ccc(Cl)cc1. The van der Waals surface area contributed by atoms with Crippen molar-refractivity contribution in [1.82, 2.24) is 10.4 Å². The van der Waals surface area contributed by atoms with E-state index in [9.17, 15) is 0 Å². The molecule has 17 heavy (non-hydrogen) atoms. The quantitative estimate of drug-likeness (QED) is 0.884. The van der Waals surface area contributed by atoms with Gasteiger partial charge in [-0.15, -0.1) is 0 Å². The van der Waals surface area contributed by atoms with Crippen molar-refractivity contribution in [2.45, 2.75) is 51.7 Å². The van der Waals surface area contributed by atoms with Crippen molar-refractivity contribution in [1.29, 1.82) is 0 Å². The molecule has 0 spiro atoms. The molecule has 0 aromatic heterocycles. The number of halogens is 1. The molecule has 0 saturated carbocycles. The van der Waals surface area contributed by atoms with Gasteiger partial charge in [0, 0.05) is 23.7 Å². The zero-order valence-corrected chi connectivity index (χ0v) is 11.4. The predicted octanol–water partition coefficient (Wildman–Crippen LogP) is 3.61. The van der Waals surface area contributed by atoms with Crippen LogP contribution in [-0.2, 0) is 6.54 Å². The van der Waals surface area contributed by atoms with Crippen LogP contribution in [0.25, 0.3) is 0 Å². The minimum absolute atomic E-state index is 0.631. The molecule has 1 aromatic rings. The van der Waals surface area contributed by atoms with E-state index >= 15 is 0 Å². The summed E-state index contributed by atoms with van der Waals surface area (Å²) in [6.45, 7) is 5.47. The van der Waals surface area contributed by atoms with Crippen LogP contribution in [0.1, 0.15) is 38.7 Å². The van der Waals surface area contributed by atoms with Gasteiger partial charge in [0.1, 0.15) is 0 Å². The van der Waals surface area contributed by atoms with Crippen molar-refractivity contribution in [3.05, 3.63) is 34.9 Å². The van der Waals surface area contributed by atoms with E-state index in [1.165, 1.54) is 24.8 Å². The molecule has 1 aliphatic rings. The number of nitrogens with one attached hydrogen (secondary N) is 1. The number of hydrogen-bond donors (Lipinski definition) is 1. The Labute approximate surface area is 109 Å². The Bertz CT molecular complexity index is 340. The van der Waals surface area contributed by atoms with Crippen LogP contribution in [0, 0.1) is 0 Å². The fourth-order valence-corrected chi connectivity index (χ4v) is 2.64. The van der Waals surface area contributed by atoms with Gasteiger partial charge >= 0.3 is 0 Å². The first-order chi connectivity index (χ1) is 8.16. The number of benzene rings is 1. The van der Waals surface area contributed by atoms with Gasteiger partial charge < -0.3 is 0 Å². The highest BCUT2D eigenvalue weighted by atomic mass is 35.5. The van der Waals surface area contributed by atoms with Gasteiger partial charge in [0.15, 0.2) is 0 Å². The third-order valence-electron chi connectivity index (χ3n) is 3.57. The molecular formula is C14H21ClN2. The zero-order chi connectivity index (χ0) is 12.3. The highest BCUT2D eigenvalue weighted by Crippen LogP contribution is 2.20. The summed E-state index contributed by atoms with van der Waals surface area (Å²) in [6.07, 6.45) is 3.93. The van der Waals surface area contributed by atoms with E-state index in [1.54, 1.807) is 0 Å². The number of hydrazine groups is 1. The molecule has 2 nitrogen and oxygen atoms in total. The van der Waals surface area contributed by atoms with Gasteiger partial charge in [-0.05, 0) is 44.4 Å². The number of rotatable bonds is 3. The second kappa shape index (κ2) is 5.85. The molecule has 2 rings (SSSR count). The first-order valence-electron chi connectivity index (χ1n) is 6.43. The molecule has 94 valence electrons. The lowest BCUT2D eigenvalue weighted by Crippen LogP contribution is -2.51. The fourth-order valence-electron chi connectivity index (χ4n) is 2.52. The van der Waals surface area contributed by atoms with Crippen LogP contribution >= 0.6 is 11.6 Å². The molecule has 1 aromatic carbocycles. The molecule has 0 aliphatic carbocycles. The molecule has 1 N–H and O–H groups in total. The van der Waals surface area contributed by atoms with E-state index < -0.39 is 0 Å². The second-order valence-corrected chi connectivity index (χ2v) is 5.43. The van der Waals surface area contributed by atoms with Crippen molar-refractivity contribution in [2.75, 3.05) is 0 Å². The molecular weight excluding hydrogens is 232 g/mol. The number of hydrogen-bond acceptors (Lipinski definition) is 2. The Morgan fingerprint density at radius 2 is 1.76 bits per heavy atom. The molecule has 0 radical (unpaired) electrons. The molecule has 2 atom stereocenters. The third-order valence-corrected chi connectivity index (χ3v) is 3.82. The van der Waals surface area contributed by atoms with Crippen LogP contribution in [0.4, 0.5) is 0 Å². The van der Waals surface area contributed by atoms with Crippen molar-refractivity contribution in [3.63, 3.8) is 0 Å². The van der Waals surface area contributed by atoms with Crippen LogP contribution < -0.4 is 5.43 Å². The Hall–Kier alpha value is -0.570. The Balaban J connectivity index is 1.90. The lowest BCUT2D eigenvalue weighted by molar-refractivity contribution is 0.0435. The van der Waals surface area contributed by atoms with Gasteiger partial charge in [-0.3, -0.25) is 5.43 Å². The van der Waals surface area contributed by atoms with Gasteiger partial charge in [0.05, 0.1) is 0 Å². The summed E-state index contributed by atoms with van der Waals surface area (Å²) in [7, 11) is 0. The highest BCUT2D eigenvalue weighted by Gasteiger charge is 2.23. The number of piperidine rings is 1.